The molecule has 1 aliphatic heterocycles. The van der Waals surface area contributed by atoms with Crippen molar-refractivity contribution in [3.63, 3.8) is 0 Å². The highest BCUT2D eigenvalue weighted by Gasteiger charge is 2.22. The Morgan fingerprint density at radius 3 is 2.92 bits per heavy atom. The molecule has 2 heteroatoms. The van der Waals surface area contributed by atoms with Gasteiger partial charge in [-0.2, -0.15) is 11.8 Å². The largest absolute Gasteiger partial charge is 0.302 e. The van der Waals surface area contributed by atoms with Gasteiger partial charge in [0.15, 0.2) is 0 Å². The van der Waals surface area contributed by atoms with E-state index >= 15 is 0 Å². The molecule has 0 saturated carbocycles. The van der Waals surface area contributed by atoms with Crippen molar-refractivity contribution in [1.82, 2.24) is 4.90 Å². The van der Waals surface area contributed by atoms with Crippen LogP contribution in [-0.4, -0.2) is 35.0 Å². The van der Waals surface area contributed by atoms with Crippen molar-refractivity contribution >= 4 is 11.8 Å². The topological polar surface area (TPSA) is 3.24 Å². The third kappa shape index (κ3) is 4.06. The third-order valence-corrected chi connectivity index (χ3v) is 3.88. The molecular weight excluding hydrogens is 178 g/mol. The van der Waals surface area contributed by atoms with Crippen molar-refractivity contribution in [2.75, 3.05) is 25.4 Å². The van der Waals surface area contributed by atoms with E-state index in [1.807, 2.05) is 0 Å². The van der Waals surface area contributed by atoms with Gasteiger partial charge in [0.25, 0.3) is 0 Å². The Labute approximate surface area is 86.3 Å². The van der Waals surface area contributed by atoms with Crippen LogP contribution in [0.1, 0.15) is 26.7 Å². The zero-order valence-electron chi connectivity index (χ0n) is 8.68. The van der Waals surface area contributed by atoms with Gasteiger partial charge in [0.2, 0.25) is 0 Å². The van der Waals surface area contributed by atoms with Crippen molar-refractivity contribution in [2.24, 2.45) is 0 Å². The fourth-order valence-corrected chi connectivity index (χ4v) is 2.65. The van der Waals surface area contributed by atoms with Crippen LogP contribution in [0.4, 0.5) is 0 Å². The maximum absolute atomic E-state index is 5.26. The van der Waals surface area contributed by atoms with Crippen LogP contribution in [0.15, 0.2) is 0 Å². The van der Waals surface area contributed by atoms with Gasteiger partial charge in [-0.3, -0.25) is 0 Å². The summed E-state index contributed by atoms with van der Waals surface area (Å²) in [5.74, 6) is 3.96. The molecule has 0 N–H and O–H groups in total. The summed E-state index contributed by atoms with van der Waals surface area (Å²) >= 11 is 2.09. The average molecular weight is 197 g/mol. The van der Waals surface area contributed by atoms with E-state index in [9.17, 15) is 0 Å². The molecule has 74 valence electrons. The lowest BCUT2D eigenvalue weighted by atomic mass is 10.1. The maximum atomic E-state index is 5.26. The van der Waals surface area contributed by atoms with Gasteiger partial charge in [0.05, 0.1) is 0 Å². The molecule has 0 bridgehead atoms. The first-order chi connectivity index (χ1) is 6.14. The number of hydrogen-bond donors (Lipinski definition) is 0. The second-order valence-electron chi connectivity index (χ2n) is 4.15. The number of nitrogens with zero attached hydrogens (tertiary/aromatic N) is 1. The number of terminal acetylenes is 1. The normalized spacial score (nSPS) is 23.5. The zero-order chi connectivity index (χ0) is 9.73. The molecule has 1 fully saturated rings. The van der Waals surface area contributed by atoms with Crippen LogP contribution in [0, 0.1) is 12.3 Å². The van der Waals surface area contributed by atoms with Crippen molar-refractivity contribution in [2.45, 2.75) is 31.4 Å². The van der Waals surface area contributed by atoms with E-state index in [0.29, 0.717) is 4.75 Å². The first kappa shape index (κ1) is 10.9. The molecule has 0 radical (unpaired) electrons. The van der Waals surface area contributed by atoms with Gasteiger partial charge < -0.3 is 4.90 Å². The Bertz CT molecular complexity index is 193. The molecule has 0 amide bonds. The standard InChI is InChI=1S/C11H19NS/c1-4-5-7-12-8-6-11(2,3)13-10-9-12/h1H,5-10H2,2-3H3. The van der Waals surface area contributed by atoms with Gasteiger partial charge in [-0.05, 0) is 13.0 Å². The molecule has 0 aliphatic carbocycles. The molecule has 1 nitrogen and oxygen atoms in total. The second-order valence-corrected chi connectivity index (χ2v) is 5.96. The molecule has 13 heavy (non-hydrogen) atoms. The molecule has 0 atom stereocenters. The molecule has 0 spiro atoms. The van der Waals surface area contributed by atoms with Crippen LogP contribution >= 0.6 is 11.8 Å². The summed E-state index contributed by atoms with van der Waals surface area (Å²) in [6, 6.07) is 0. The molecule has 0 aromatic carbocycles. The van der Waals surface area contributed by atoms with E-state index in [4.69, 9.17) is 6.42 Å². The van der Waals surface area contributed by atoms with Crippen LogP contribution in [0.25, 0.3) is 0 Å². The first-order valence-corrected chi connectivity index (χ1v) is 5.92. The van der Waals surface area contributed by atoms with Gasteiger partial charge in [0, 0.05) is 30.0 Å². The highest BCUT2D eigenvalue weighted by molar-refractivity contribution is 8.00. The summed E-state index contributed by atoms with van der Waals surface area (Å²) < 4.78 is 0.463. The number of rotatable bonds is 2. The molecule has 0 aromatic rings. The first-order valence-electron chi connectivity index (χ1n) is 4.94. The van der Waals surface area contributed by atoms with Crippen molar-refractivity contribution < 1.29 is 0 Å². The lowest BCUT2D eigenvalue weighted by molar-refractivity contribution is 0.291. The molecule has 1 aliphatic rings. The van der Waals surface area contributed by atoms with E-state index in [0.717, 1.165) is 13.0 Å². The van der Waals surface area contributed by atoms with E-state index in [1.54, 1.807) is 0 Å². The monoisotopic (exact) mass is 197 g/mol. The second kappa shape index (κ2) is 4.93. The summed E-state index contributed by atoms with van der Waals surface area (Å²) in [6.07, 6.45) is 7.43. The maximum Gasteiger partial charge on any atom is 0.0214 e. The molecule has 0 unspecified atom stereocenters. The van der Waals surface area contributed by atoms with E-state index in [-0.39, 0.29) is 0 Å². The predicted octanol–water partition coefficient (Wildman–Crippen LogP) is 2.23. The van der Waals surface area contributed by atoms with Gasteiger partial charge in [-0.15, -0.1) is 12.3 Å². The third-order valence-electron chi connectivity index (χ3n) is 2.50. The van der Waals surface area contributed by atoms with Crippen LogP contribution < -0.4 is 0 Å². The van der Waals surface area contributed by atoms with E-state index in [2.05, 4.69) is 36.4 Å². The van der Waals surface area contributed by atoms with Crippen LogP contribution in [0.5, 0.6) is 0 Å². The lowest BCUT2D eigenvalue weighted by Gasteiger charge is -2.22. The van der Waals surface area contributed by atoms with E-state index < -0.39 is 0 Å². The number of hydrogen-bond acceptors (Lipinski definition) is 2. The minimum atomic E-state index is 0.463. The van der Waals surface area contributed by atoms with Gasteiger partial charge >= 0.3 is 0 Å². The number of thioether (sulfide) groups is 1. The quantitative estimate of drug-likeness (QED) is 0.625. The highest BCUT2D eigenvalue weighted by atomic mass is 32.2. The Morgan fingerprint density at radius 1 is 1.46 bits per heavy atom. The summed E-state index contributed by atoms with van der Waals surface area (Å²) in [7, 11) is 0. The molecule has 1 rings (SSSR count). The van der Waals surface area contributed by atoms with Crippen molar-refractivity contribution in [3.05, 3.63) is 0 Å². The molecular formula is C11H19NS. The summed E-state index contributed by atoms with van der Waals surface area (Å²) in [5.41, 5.74) is 0. The zero-order valence-corrected chi connectivity index (χ0v) is 9.49. The predicted molar refractivity (Wildman–Crippen MR) is 61.0 cm³/mol. The Kier molecular flexibility index (Phi) is 4.15. The van der Waals surface area contributed by atoms with Crippen molar-refractivity contribution in [3.8, 4) is 12.3 Å². The fraction of sp³-hybridized carbons (Fsp3) is 0.818. The lowest BCUT2D eigenvalue weighted by Crippen LogP contribution is -2.28. The van der Waals surface area contributed by atoms with Gasteiger partial charge in [-0.25, -0.2) is 0 Å². The van der Waals surface area contributed by atoms with E-state index in [1.165, 1.54) is 25.3 Å². The SMILES string of the molecule is C#CCCN1CCSC(C)(C)CC1. The Balaban J connectivity index is 2.33. The molecule has 1 saturated heterocycles. The highest BCUT2D eigenvalue weighted by Crippen LogP contribution is 2.30. The molecule has 1 heterocycles. The molecule has 0 aromatic heterocycles. The van der Waals surface area contributed by atoms with Gasteiger partial charge in [-0.1, -0.05) is 13.8 Å². The van der Waals surface area contributed by atoms with Crippen LogP contribution in [-0.2, 0) is 0 Å². The smallest absolute Gasteiger partial charge is 0.0214 e. The minimum absolute atomic E-state index is 0.463. The minimum Gasteiger partial charge on any atom is -0.302 e. The van der Waals surface area contributed by atoms with Crippen LogP contribution in [0.2, 0.25) is 0 Å². The average Bonchev–Trinajstić information content (AvgIpc) is 2.23. The fourth-order valence-electron chi connectivity index (χ4n) is 1.51. The van der Waals surface area contributed by atoms with Gasteiger partial charge in [0.1, 0.15) is 0 Å². The summed E-state index contributed by atoms with van der Waals surface area (Å²) in [5, 5.41) is 0. The van der Waals surface area contributed by atoms with Crippen LogP contribution in [0.3, 0.4) is 0 Å². The Morgan fingerprint density at radius 2 is 2.23 bits per heavy atom. The Hall–Kier alpha value is -0.130. The summed E-state index contributed by atoms with van der Waals surface area (Å²) in [4.78, 5) is 2.49. The summed E-state index contributed by atoms with van der Waals surface area (Å²) in [6.45, 7) is 8.16. The van der Waals surface area contributed by atoms with Crippen molar-refractivity contribution in [1.29, 1.82) is 0 Å².